The molecule has 2 aromatic rings. The fourth-order valence-corrected chi connectivity index (χ4v) is 16.2. The average Bonchev–Trinajstić information content (AvgIpc) is 1.80. The van der Waals surface area contributed by atoms with E-state index in [0.29, 0.717) is 220 Å². The first-order chi connectivity index (χ1) is 57.4. The van der Waals surface area contributed by atoms with Crippen molar-refractivity contribution in [2.24, 2.45) is 23.7 Å². The monoisotopic (exact) mass is 1740 g/mol. The highest BCUT2D eigenvalue weighted by Gasteiger charge is 2.44. The maximum absolute atomic E-state index is 14.7. The summed E-state index contributed by atoms with van der Waals surface area (Å²) in [4.78, 5) is 134. The van der Waals surface area contributed by atoms with Gasteiger partial charge >= 0.3 is 0 Å². The molecular weight excluding hydrogens is 1600 g/mol. The van der Waals surface area contributed by atoms with Crippen LogP contribution in [-0.4, -0.2) is 376 Å². The van der Waals surface area contributed by atoms with Crippen LogP contribution in [0.5, 0.6) is 0 Å². The Balaban J connectivity index is 0.977. The number of carbonyl (C=O) groups is 9. The predicted octanol–water partition coefficient (Wildman–Crippen LogP) is 5.12. The number of thiazole rings is 1. The van der Waals surface area contributed by atoms with Crippen molar-refractivity contribution in [3.8, 4) is 0 Å². The number of benzene rings is 1. The van der Waals surface area contributed by atoms with Crippen molar-refractivity contribution in [1.82, 2.24) is 50.3 Å². The van der Waals surface area contributed by atoms with Crippen LogP contribution in [-0.2, 0) is 111 Å². The number of carbonyl (C=O) groups excluding carboxylic acids is 9. The van der Waals surface area contributed by atoms with Crippen LogP contribution in [0.1, 0.15) is 114 Å². The van der Waals surface area contributed by atoms with Gasteiger partial charge in [-0.3, -0.25) is 53.0 Å². The molecule has 0 unspecified atom stereocenters. The standard InChI is InChI=1S/C83H140N10O23S3/c1-15-63(6)77(91(12)83(102)75(61(2)3)87-80(100)76(62(4)5)88(8)9)69(103-13)59-74(98)92-28-19-22-68(92)78(104-14)64(7)79(99)85-66(58-65-20-17-16-18-21-65)81-86-67(60-117-81)82(101)90(11)31-57-119-118-56-30-89(10)71(95)26-32-105-34-36-107-38-40-109-42-44-111-46-48-113-50-52-115-54-55-116-53-51-114-49-47-112-45-43-110-41-39-108-37-35-106-33-27-84-70(94)25-29-93-72(96)23-24-73(93)97/h16-18,20-21,23-24,60-64,66,68-69,75-78H,15,19,22,25-59H2,1-14H3,(H,84,94)(H,85,99)(H,87,100)/t63-,64+,66-,68-,69+,75-,76-,77+,78+/m0/s1. The minimum absolute atomic E-state index is 0.0124. The number of methoxy groups -OCH3 is 2. The number of amides is 9. The first-order valence-corrected chi connectivity index (χ1v) is 45.1. The van der Waals surface area contributed by atoms with Crippen LogP contribution in [0.15, 0.2) is 47.9 Å². The summed E-state index contributed by atoms with van der Waals surface area (Å²) in [6, 6.07) is 7.02. The van der Waals surface area contributed by atoms with Gasteiger partial charge in [0.05, 0.1) is 214 Å². The number of rotatable bonds is 71. The molecular formula is C83H140N10O23S3. The van der Waals surface area contributed by atoms with Crippen molar-refractivity contribution in [1.29, 1.82) is 0 Å². The summed E-state index contributed by atoms with van der Waals surface area (Å²) in [5.41, 5.74) is 1.25. The van der Waals surface area contributed by atoms with Gasteiger partial charge in [0.1, 0.15) is 16.7 Å². The maximum atomic E-state index is 14.7. The minimum Gasteiger partial charge on any atom is -0.379 e. The maximum Gasteiger partial charge on any atom is 0.273 e. The van der Waals surface area contributed by atoms with Crippen LogP contribution in [0.2, 0.25) is 0 Å². The molecule has 0 radical (unpaired) electrons. The summed E-state index contributed by atoms with van der Waals surface area (Å²) in [5, 5.41) is 11.3. The molecule has 119 heavy (non-hydrogen) atoms. The molecule has 0 bridgehead atoms. The summed E-state index contributed by atoms with van der Waals surface area (Å²) in [5.74, 6) is -1.90. The second-order valence-corrected chi connectivity index (χ2v) is 33.4. The van der Waals surface area contributed by atoms with Crippen LogP contribution in [0.25, 0.3) is 0 Å². The SMILES string of the molecule is CC[C@H](C)[C@H]([C@@H](CC(=O)N1CCC[C@H]1[C@H](OC)[C@@H](C)C(=O)N[C@@H](Cc1ccccc1)c1nc(C(=O)N(C)CCSSCCN(C)C(=O)CCOCCOCCOCCOCCOCCOCCOCCOCCOCCOCCOCCOCCNC(=O)CCN2C(=O)C=CC2=O)cs1)OC)N(C)C(=O)[C@@H](NC(=O)[C@H](C(C)C)N(C)C)C(C)C. The van der Waals surface area contributed by atoms with E-state index in [1.165, 1.54) is 23.5 Å². The number of nitrogens with zero attached hydrogens (tertiary/aromatic N) is 7. The van der Waals surface area contributed by atoms with E-state index in [0.717, 1.165) is 10.5 Å². The molecule has 36 heteroatoms. The summed E-state index contributed by atoms with van der Waals surface area (Å²) in [6.07, 6.45) is 3.74. The molecule has 33 nitrogen and oxygen atoms in total. The fraction of sp³-hybridized carbons (Fsp3) is 0.759. The zero-order valence-corrected chi connectivity index (χ0v) is 75.5. The largest absolute Gasteiger partial charge is 0.379 e. The third-order valence-corrected chi connectivity index (χ3v) is 23.4. The van der Waals surface area contributed by atoms with Gasteiger partial charge in [-0.05, 0) is 56.7 Å². The predicted molar refractivity (Wildman–Crippen MR) is 456 cm³/mol. The summed E-state index contributed by atoms with van der Waals surface area (Å²) in [7, 11) is 15.3. The lowest BCUT2D eigenvalue weighted by molar-refractivity contribution is -0.148. The fourth-order valence-electron chi connectivity index (χ4n) is 13.3. The second-order valence-electron chi connectivity index (χ2n) is 29.8. The van der Waals surface area contributed by atoms with Gasteiger partial charge < -0.3 is 102 Å². The number of aromatic nitrogens is 1. The first-order valence-electron chi connectivity index (χ1n) is 41.7. The number of ether oxygens (including phenoxy) is 14. The van der Waals surface area contributed by atoms with Crippen LogP contribution < -0.4 is 16.0 Å². The minimum atomic E-state index is -0.803. The Labute approximate surface area is 718 Å². The first kappa shape index (κ1) is 105. The van der Waals surface area contributed by atoms with E-state index in [4.69, 9.17) is 71.3 Å². The molecule has 2 aliphatic rings. The number of likely N-dealkylation sites (N-methyl/N-ethyl adjacent to an activating group) is 2. The lowest BCUT2D eigenvalue weighted by Gasteiger charge is -2.41. The lowest BCUT2D eigenvalue weighted by atomic mass is 9.89. The van der Waals surface area contributed by atoms with Gasteiger partial charge in [0.15, 0.2) is 0 Å². The van der Waals surface area contributed by atoms with Crippen molar-refractivity contribution in [2.45, 2.75) is 136 Å². The molecule has 4 rings (SSSR count). The molecule has 2 aliphatic heterocycles. The molecule has 9 amide bonds. The normalized spacial score (nSPS) is 15.7. The molecule has 1 saturated heterocycles. The highest BCUT2D eigenvalue weighted by Crippen LogP contribution is 2.32. The number of likely N-dealkylation sites (tertiary alicyclic amines) is 1. The second kappa shape index (κ2) is 63.1. The van der Waals surface area contributed by atoms with Gasteiger partial charge in [0.2, 0.25) is 35.4 Å². The third-order valence-electron chi connectivity index (χ3n) is 20.0. The molecule has 0 aliphatic carbocycles. The van der Waals surface area contributed by atoms with Gasteiger partial charge in [-0.2, -0.15) is 0 Å². The molecule has 1 aromatic heterocycles. The van der Waals surface area contributed by atoms with E-state index in [1.807, 2.05) is 97.8 Å². The van der Waals surface area contributed by atoms with Gasteiger partial charge in [-0.25, -0.2) is 4.98 Å². The van der Waals surface area contributed by atoms with Crippen molar-refractivity contribution in [2.75, 3.05) is 252 Å². The van der Waals surface area contributed by atoms with Crippen LogP contribution >= 0.6 is 32.9 Å². The topological polar surface area (TPSA) is 351 Å². The van der Waals surface area contributed by atoms with Gasteiger partial charge in [0.25, 0.3) is 17.7 Å². The zero-order valence-electron chi connectivity index (χ0n) is 73.1. The van der Waals surface area contributed by atoms with Crippen molar-refractivity contribution in [3.05, 3.63) is 64.1 Å². The Bertz CT molecular complexity index is 3180. The van der Waals surface area contributed by atoms with Gasteiger partial charge in [-0.1, -0.05) is 107 Å². The van der Waals surface area contributed by atoms with E-state index in [2.05, 4.69) is 16.0 Å². The van der Waals surface area contributed by atoms with E-state index in [1.54, 1.807) is 81.9 Å². The Hall–Kier alpha value is -5.88. The van der Waals surface area contributed by atoms with E-state index < -0.39 is 60.1 Å². The number of imide groups is 1. The Kier molecular flexibility index (Phi) is 55.9. The summed E-state index contributed by atoms with van der Waals surface area (Å²) >= 11 is 1.31. The van der Waals surface area contributed by atoms with E-state index in [9.17, 15) is 43.2 Å². The molecule has 9 atom stereocenters. The van der Waals surface area contributed by atoms with Crippen LogP contribution in [0, 0.1) is 23.7 Å². The lowest BCUT2D eigenvalue weighted by Crippen LogP contribution is -2.59. The van der Waals surface area contributed by atoms with Gasteiger partial charge in [-0.15, -0.1) is 11.3 Å². The molecule has 1 fully saturated rings. The van der Waals surface area contributed by atoms with Crippen molar-refractivity contribution >= 4 is 86.1 Å². The Morgan fingerprint density at radius 2 is 1.07 bits per heavy atom. The molecule has 0 spiro atoms. The molecule has 3 N–H and O–H groups in total. The number of hydrogen-bond donors (Lipinski definition) is 3. The van der Waals surface area contributed by atoms with Crippen molar-refractivity contribution in [3.63, 3.8) is 0 Å². The summed E-state index contributed by atoms with van der Waals surface area (Å²) in [6.45, 7) is 25.4. The Morgan fingerprint density at radius 3 is 1.52 bits per heavy atom. The highest BCUT2D eigenvalue weighted by molar-refractivity contribution is 8.76. The number of hydrogen-bond acceptors (Lipinski definition) is 28. The van der Waals surface area contributed by atoms with Crippen LogP contribution in [0.3, 0.4) is 0 Å². The zero-order chi connectivity index (χ0) is 87.1. The highest BCUT2D eigenvalue weighted by atomic mass is 33.1. The summed E-state index contributed by atoms with van der Waals surface area (Å²) < 4.78 is 78.7. The quantitative estimate of drug-likeness (QED) is 0.0439. The van der Waals surface area contributed by atoms with Gasteiger partial charge in [0, 0.05) is 104 Å². The molecule has 678 valence electrons. The molecule has 0 saturated carbocycles. The molecule has 3 heterocycles. The smallest absolute Gasteiger partial charge is 0.273 e. The average molecular weight is 1740 g/mol. The van der Waals surface area contributed by atoms with Crippen LogP contribution in [0.4, 0.5) is 0 Å². The number of nitrogens with one attached hydrogen (secondary N) is 3. The van der Waals surface area contributed by atoms with E-state index >= 15 is 0 Å². The van der Waals surface area contributed by atoms with Crippen molar-refractivity contribution < 1.29 is 109 Å². The molecule has 1 aromatic carbocycles. The third kappa shape index (κ3) is 41.9. The Morgan fingerprint density at radius 1 is 0.588 bits per heavy atom. The van der Waals surface area contributed by atoms with E-state index in [-0.39, 0.29) is 97.2 Å².